The van der Waals surface area contributed by atoms with Crippen molar-refractivity contribution in [1.82, 2.24) is 9.88 Å². The molecule has 0 bridgehead atoms. The van der Waals surface area contributed by atoms with Gasteiger partial charge in [0.05, 0.1) is 6.61 Å². The van der Waals surface area contributed by atoms with Crippen LogP contribution >= 0.6 is 0 Å². The molecule has 21 heavy (non-hydrogen) atoms. The van der Waals surface area contributed by atoms with Crippen LogP contribution in [0.25, 0.3) is 0 Å². The lowest BCUT2D eigenvalue weighted by molar-refractivity contribution is -0.142. The van der Waals surface area contributed by atoms with Crippen LogP contribution in [-0.4, -0.2) is 35.5 Å². The molecule has 0 aromatic carbocycles. The molecule has 1 saturated heterocycles. The number of rotatable bonds is 4. The van der Waals surface area contributed by atoms with Crippen LogP contribution < -0.4 is 4.74 Å². The van der Waals surface area contributed by atoms with Crippen LogP contribution in [0, 0.1) is 5.92 Å². The lowest BCUT2D eigenvalue weighted by Crippen LogP contribution is -2.42. The molecule has 2 atom stereocenters. The van der Waals surface area contributed by atoms with Crippen molar-refractivity contribution >= 4 is 6.41 Å². The van der Waals surface area contributed by atoms with Crippen LogP contribution in [-0.2, 0) is 11.0 Å². The second kappa shape index (κ2) is 6.32. The van der Waals surface area contributed by atoms with Crippen LogP contribution in [0.15, 0.2) is 18.3 Å². The highest BCUT2D eigenvalue weighted by Crippen LogP contribution is 2.34. The summed E-state index contributed by atoms with van der Waals surface area (Å²) in [5.74, 6) is -0.228. The van der Waals surface area contributed by atoms with Crippen LogP contribution in [0.5, 0.6) is 5.75 Å². The van der Waals surface area contributed by atoms with Crippen molar-refractivity contribution in [2.75, 3.05) is 13.2 Å². The normalized spacial score (nSPS) is 23.0. The number of hydrogen-bond acceptors (Lipinski definition) is 3. The van der Waals surface area contributed by atoms with Gasteiger partial charge in [-0.15, -0.1) is 0 Å². The number of pyridine rings is 1. The van der Waals surface area contributed by atoms with Gasteiger partial charge in [-0.2, -0.15) is 13.2 Å². The Morgan fingerprint density at radius 2 is 2.24 bits per heavy atom. The molecule has 2 rings (SSSR count). The van der Waals surface area contributed by atoms with Gasteiger partial charge < -0.3 is 9.64 Å². The fourth-order valence-electron chi connectivity index (χ4n) is 2.42. The highest BCUT2D eigenvalue weighted by Gasteiger charge is 2.36. The molecule has 0 spiro atoms. The zero-order valence-corrected chi connectivity index (χ0v) is 11.6. The summed E-state index contributed by atoms with van der Waals surface area (Å²) in [7, 11) is 0. The highest BCUT2D eigenvalue weighted by atomic mass is 19.4. The van der Waals surface area contributed by atoms with E-state index >= 15 is 0 Å². The minimum absolute atomic E-state index is 0.0349. The summed E-state index contributed by atoms with van der Waals surface area (Å²) < 4.78 is 43.7. The summed E-state index contributed by atoms with van der Waals surface area (Å²) >= 11 is 0. The number of halogens is 3. The number of ether oxygens (including phenoxy) is 1. The number of amides is 1. The van der Waals surface area contributed by atoms with E-state index in [2.05, 4.69) is 4.98 Å². The first-order valence-electron chi connectivity index (χ1n) is 6.78. The largest absolute Gasteiger partial charge is 0.491 e. The molecule has 1 aromatic heterocycles. The van der Waals surface area contributed by atoms with Crippen LogP contribution in [0.3, 0.4) is 0 Å². The number of likely N-dealkylation sites (tertiary alicyclic amines) is 1. The van der Waals surface area contributed by atoms with Crippen molar-refractivity contribution in [1.29, 1.82) is 0 Å². The molecule has 2 heterocycles. The minimum Gasteiger partial charge on any atom is -0.491 e. The Morgan fingerprint density at radius 1 is 1.48 bits per heavy atom. The van der Waals surface area contributed by atoms with E-state index in [1.54, 1.807) is 4.90 Å². The number of hydrogen-bond donors (Lipinski definition) is 0. The monoisotopic (exact) mass is 302 g/mol. The molecule has 1 aliphatic heterocycles. The Hall–Kier alpha value is -1.79. The lowest BCUT2D eigenvalue weighted by Gasteiger charge is -2.35. The molecule has 116 valence electrons. The molecule has 0 saturated carbocycles. The average Bonchev–Trinajstić information content (AvgIpc) is 2.45. The first-order valence-corrected chi connectivity index (χ1v) is 6.78. The maximum Gasteiger partial charge on any atom is 0.437 e. The van der Waals surface area contributed by atoms with Gasteiger partial charge in [0, 0.05) is 24.7 Å². The molecule has 2 unspecified atom stereocenters. The summed E-state index contributed by atoms with van der Waals surface area (Å²) in [4.78, 5) is 15.9. The van der Waals surface area contributed by atoms with Gasteiger partial charge in [0.2, 0.25) is 6.41 Å². The minimum atomic E-state index is -4.54. The Morgan fingerprint density at radius 3 is 2.90 bits per heavy atom. The predicted octanol–water partition coefficient (Wildman–Crippen LogP) is 2.74. The first kappa shape index (κ1) is 15.6. The fraction of sp³-hybridized carbons (Fsp3) is 0.571. The number of alkyl halides is 3. The Labute approximate surface area is 120 Å². The number of nitrogens with zero attached hydrogens (tertiary/aromatic N) is 2. The summed E-state index contributed by atoms with van der Waals surface area (Å²) in [5.41, 5.74) is -1.01. The highest BCUT2D eigenvalue weighted by molar-refractivity contribution is 5.47. The molecule has 0 N–H and O–H groups in total. The van der Waals surface area contributed by atoms with Crippen LogP contribution in [0.4, 0.5) is 13.2 Å². The maximum absolute atomic E-state index is 12.8. The Bertz CT molecular complexity index is 493. The number of piperidine rings is 1. The smallest absolute Gasteiger partial charge is 0.437 e. The average molecular weight is 302 g/mol. The molecule has 4 nitrogen and oxygen atoms in total. The van der Waals surface area contributed by atoms with Crippen molar-refractivity contribution in [3.63, 3.8) is 0 Å². The standard InChI is InChI=1S/C14H17F3N2O2/c1-10-4-5-11(7-19(10)9-20)8-21-12-3-2-6-18-13(12)14(15,16)17/h2-3,6,9-11H,4-5,7-8H2,1H3. The summed E-state index contributed by atoms with van der Waals surface area (Å²) in [5, 5.41) is 0. The molecular weight excluding hydrogens is 285 g/mol. The third kappa shape index (κ3) is 3.86. The quantitative estimate of drug-likeness (QED) is 0.803. The third-order valence-electron chi connectivity index (χ3n) is 3.68. The molecule has 0 aliphatic carbocycles. The number of carbonyl (C=O) groups is 1. The zero-order valence-electron chi connectivity index (χ0n) is 11.6. The van der Waals surface area contributed by atoms with Gasteiger partial charge in [-0.3, -0.25) is 4.79 Å². The van der Waals surface area contributed by atoms with Crippen molar-refractivity contribution in [2.24, 2.45) is 5.92 Å². The van der Waals surface area contributed by atoms with E-state index in [9.17, 15) is 18.0 Å². The van der Waals surface area contributed by atoms with Gasteiger partial charge >= 0.3 is 6.18 Å². The van der Waals surface area contributed by atoms with E-state index < -0.39 is 11.9 Å². The van der Waals surface area contributed by atoms with Gasteiger partial charge in [0.25, 0.3) is 0 Å². The number of carbonyl (C=O) groups excluding carboxylic acids is 1. The molecule has 1 amide bonds. The van der Waals surface area contributed by atoms with Gasteiger partial charge in [0.1, 0.15) is 5.75 Å². The van der Waals surface area contributed by atoms with E-state index in [4.69, 9.17) is 4.74 Å². The van der Waals surface area contributed by atoms with Gasteiger partial charge in [0.15, 0.2) is 5.69 Å². The van der Waals surface area contributed by atoms with Crippen LogP contribution in [0.2, 0.25) is 0 Å². The topological polar surface area (TPSA) is 42.4 Å². The van der Waals surface area contributed by atoms with E-state index in [-0.39, 0.29) is 24.3 Å². The van der Waals surface area contributed by atoms with Crippen LogP contribution in [0.1, 0.15) is 25.5 Å². The van der Waals surface area contributed by atoms with Crippen molar-refractivity contribution in [3.05, 3.63) is 24.0 Å². The van der Waals surface area contributed by atoms with Gasteiger partial charge in [-0.25, -0.2) is 4.98 Å². The molecule has 1 aliphatic rings. The third-order valence-corrected chi connectivity index (χ3v) is 3.68. The first-order chi connectivity index (χ1) is 9.91. The molecular formula is C14H17F3N2O2. The summed E-state index contributed by atoms with van der Waals surface area (Å²) in [6.45, 7) is 2.60. The zero-order chi connectivity index (χ0) is 15.5. The Balaban J connectivity index is 1.99. The summed E-state index contributed by atoms with van der Waals surface area (Å²) in [6.07, 6.45) is -1.01. The van der Waals surface area contributed by atoms with E-state index in [1.165, 1.54) is 12.1 Å². The van der Waals surface area contributed by atoms with Crippen molar-refractivity contribution < 1.29 is 22.7 Å². The predicted molar refractivity (Wildman–Crippen MR) is 69.7 cm³/mol. The Kier molecular flexibility index (Phi) is 4.69. The SMILES string of the molecule is CC1CCC(COc2cccnc2C(F)(F)F)CN1C=O. The molecule has 0 radical (unpaired) electrons. The fourth-order valence-corrected chi connectivity index (χ4v) is 2.42. The van der Waals surface area contributed by atoms with E-state index in [0.29, 0.717) is 6.54 Å². The second-order valence-electron chi connectivity index (χ2n) is 5.25. The van der Waals surface area contributed by atoms with Gasteiger partial charge in [-0.05, 0) is 31.9 Å². The van der Waals surface area contributed by atoms with Crippen molar-refractivity contribution in [3.8, 4) is 5.75 Å². The molecule has 1 fully saturated rings. The lowest BCUT2D eigenvalue weighted by atomic mass is 9.95. The van der Waals surface area contributed by atoms with Crippen molar-refractivity contribution in [2.45, 2.75) is 32.0 Å². The molecule has 7 heteroatoms. The van der Waals surface area contributed by atoms with E-state index in [0.717, 1.165) is 25.4 Å². The van der Waals surface area contributed by atoms with E-state index in [1.807, 2.05) is 6.92 Å². The van der Waals surface area contributed by atoms with Gasteiger partial charge in [-0.1, -0.05) is 0 Å². The number of aromatic nitrogens is 1. The second-order valence-corrected chi connectivity index (χ2v) is 5.25. The maximum atomic E-state index is 12.8. The summed E-state index contributed by atoms with van der Waals surface area (Å²) in [6, 6.07) is 2.84. The molecule has 1 aromatic rings.